The van der Waals surface area contributed by atoms with Crippen molar-refractivity contribution in [2.24, 2.45) is 7.05 Å². The number of rotatable bonds is 2. The monoisotopic (exact) mass is 275 g/mol. The van der Waals surface area contributed by atoms with E-state index in [1.165, 1.54) is 4.68 Å². The third kappa shape index (κ3) is 2.70. The molecule has 18 heavy (non-hydrogen) atoms. The Hall–Kier alpha value is -1.83. The van der Waals surface area contributed by atoms with Gasteiger partial charge in [-0.05, 0) is 12.1 Å². The lowest BCUT2D eigenvalue weighted by Gasteiger charge is -2.01. The van der Waals surface area contributed by atoms with E-state index in [2.05, 4.69) is 10.4 Å². The molecule has 2 aromatic rings. The van der Waals surface area contributed by atoms with Crippen molar-refractivity contribution in [2.75, 3.05) is 5.32 Å². The maximum absolute atomic E-state index is 12.4. The van der Waals surface area contributed by atoms with Crippen LogP contribution in [0, 0.1) is 0 Å². The molecule has 8 heteroatoms. The summed E-state index contributed by atoms with van der Waals surface area (Å²) < 4.78 is 38.6. The maximum Gasteiger partial charge on any atom is 0.425 e. The zero-order chi connectivity index (χ0) is 13.3. The van der Waals surface area contributed by atoms with Crippen molar-refractivity contribution in [2.45, 2.75) is 6.18 Å². The highest BCUT2D eigenvalue weighted by Gasteiger charge is 2.33. The summed E-state index contributed by atoms with van der Waals surface area (Å²) in [6.07, 6.45) is -2.81. The summed E-state index contributed by atoms with van der Waals surface area (Å²) in [5.41, 5.74) is 0. The summed E-state index contributed by atoms with van der Waals surface area (Å²) in [5.74, 6) is -0.307. The lowest BCUT2D eigenvalue weighted by molar-refractivity contribution is -0.134. The zero-order valence-electron chi connectivity index (χ0n) is 9.15. The van der Waals surface area contributed by atoms with Crippen molar-refractivity contribution >= 4 is 23.1 Å². The Bertz CT molecular complexity index is 573. The molecule has 0 atom stereocenters. The summed E-state index contributed by atoms with van der Waals surface area (Å²) >= 11 is 0.402. The first kappa shape index (κ1) is 12.6. The minimum atomic E-state index is -4.42. The van der Waals surface area contributed by atoms with Gasteiger partial charge in [-0.2, -0.15) is 18.3 Å². The summed E-state index contributed by atoms with van der Waals surface area (Å²) in [6, 6.07) is 3.58. The number of thiophene rings is 1. The van der Waals surface area contributed by atoms with Crippen LogP contribution < -0.4 is 5.32 Å². The van der Waals surface area contributed by atoms with Gasteiger partial charge in [0.1, 0.15) is 4.88 Å². The van der Waals surface area contributed by atoms with E-state index in [0.29, 0.717) is 17.2 Å². The molecule has 1 amide bonds. The molecule has 0 fully saturated rings. The first-order valence-electron chi connectivity index (χ1n) is 4.84. The highest BCUT2D eigenvalue weighted by molar-refractivity contribution is 7.14. The SMILES string of the molecule is Cn1ccc(NC(=O)c2ccc(C(F)(F)F)s2)n1. The molecular formula is C10H8F3N3OS. The van der Waals surface area contributed by atoms with Crippen molar-refractivity contribution in [1.29, 1.82) is 0 Å². The second-order valence-corrected chi connectivity index (χ2v) is 4.57. The molecule has 0 aromatic carbocycles. The van der Waals surface area contributed by atoms with Crippen LogP contribution in [-0.4, -0.2) is 15.7 Å². The van der Waals surface area contributed by atoms with Crippen LogP contribution in [0.25, 0.3) is 0 Å². The largest absolute Gasteiger partial charge is 0.425 e. The van der Waals surface area contributed by atoms with E-state index in [4.69, 9.17) is 0 Å². The molecule has 2 rings (SSSR count). The van der Waals surface area contributed by atoms with Crippen molar-refractivity contribution in [3.05, 3.63) is 34.2 Å². The third-order valence-electron chi connectivity index (χ3n) is 2.06. The Morgan fingerprint density at radius 1 is 1.39 bits per heavy atom. The highest BCUT2D eigenvalue weighted by atomic mass is 32.1. The van der Waals surface area contributed by atoms with Gasteiger partial charge < -0.3 is 5.32 Å². The van der Waals surface area contributed by atoms with E-state index in [9.17, 15) is 18.0 Å². The van der Waals surface area contributed by atoms with Crippen molar-refractivity contribution in [1.82, 2.24) is 9.78 Å². The molecular weight excluding hydrogens is 267 g/mol. The minimum absolute atomic E-state index is 0.00650. The molecule has 4 nitrogen and oxygen atoms in total. The van der Waals surface area contributed by atoms with E-state index < -0.39 is 17.0 Å². The van der Waals surface area contributed by atoms with Crippen molar-refractivity contribution < 1.29 is 18.0 Å². The molecule has 0 aliphatic heterocycles. The Morgan fingerprint density at radius 3 is 2.61 bits per heavy atom. The predicted octanol–water partition coefficient (Wildman–Crippen LogP) is 2.75. The Kier molecular flexibility index (Phi) is 3.12. The van der Waals surface area contributed by atoms with Crippen LogP contribution in [0.5, 0.6) is 0 Å². The molecule has 96 valence electrons. The topological polar surface area (TPSA) is 46.9 Å². The smallest absolute Gasteiger partial charge is 0.304 e. The van der Waals surface area contributed by atoms with E-state index in [1.54, 1.807) is 19.3 Å². The molecule has 2 heterocycles. The molecule has 0 spiro atoms. The van der Waals surface area contributed by atoms with Crippen LogP contribution in [0.1, 0.15) is 14.5 Å². The fraction of sp³-hybridized carbons (Fsp3) is 0.200. The van der Waals surface area contributed by atoms with Gasteiger partial charge in [0.2, 0.25) is 0 Å². The average molecular weight is 275 g/mol. The number of hydrogen-bond donors (Lipinski definition) is 1. The molecule has 1 N–H and O–H groups in total. The Labute approximate surface area is 104 Å². The maximum atomic E-state index is 12.4. The van der Waals surface area contributed by atoms with E-state index >= 15 is 0 Å². The number of carbonyl (C=O) groups excluding carboxylic acids is 1. The molecule has 0 bridgehead atoms. The van der Waals surface area contributed by atoms with Gasteiger partial charge in [-0.3, -0.25) is 9.48 Å². The number of nitrogens with zero attached hydrogens (tertiary/aromatic N) is 2. The average Bonchev–Trinajstić information content (AvgIpc) is 2.85. The van der Waals surface area contributed by atoms with Gasteiger partial charge in [0.15, 0.2) is 5.82 Å². The van der Waals surface area contributed by atoms with Gasteiger partial charge in [0.25, 0.3) is 5.91 Å². The zero-order valence-corrected chi connectivity index (χ0v) is 9.97. The predicted molar refractivity (Wildman–Crippen MR) is 60.5 cm³/mol. The third-order valence-corrected chi connectivity index (χ3v) is 3.19. The van der Waals surface area contributed by atoms with Gasteiger partial charge >= 0.3 is 6.18 Å². The van der Waals surface area contributed by atoms with Crippen LogP contribution in [0.2, 0.25) is 0 Å². The Morgan fingerprint density at radius 2 is 2.11 bits per heavy atom. The standard InChI is InChI=1S/C10H8F3N3OS/c1-16-5-4-8(15-16)14-9(17)6-2-3-7(18-6)10(11,12)13/h2-5H,1H3,(H,14,15,17). The summed E-state index contributed by atoms with van der Waals surface area (Å²) in [7, 11) is 1.67. The number of aromatic nitrogens is 2. The molecule has 0 saturated carbocycles. The van der Waals surface area contributed by atoms with Crippen molar-refractivity contribution in [3.8, 4) is 0 Å². The fourth-order valence-corrected chi connectivity index (χ4v) is 2.04. The van der Waals surface area contributed by atoms with E-state index in [1.807, 2.05) is 0 Å². The highest BCUT2D eigenvalue weighted by Crippen LogP contribution is 2.34. The number of alkyl halides is 3. The lowest BCUT2D eigenvalue weighted by Crippen LogP contribution is -2.10. The number of halogens is 3. The van der Waals surface area contributed by atoms with Crippen LogP contribution in [0.4, 0.5) is 19.0 Å². The van der Waals surface area contributed by atoms with Crippen LogP contribution in [-0.2, 0) is 13.2 Å². The number of amides is 1. The summed E-state index contributed by atoms with van der Waals surface area (Å²) in [5, 5.41) is 6.31. The first-order valence-corrected chi connectivity index (χ1v) is 5.66. The first-order chi connectivity index (χ1) is 8.36. The molecule has 0 unspecified atom stereocenters. The summed E-state index contributed by atoms with van der Waals surface area (Å²) in [4.78, 5) is 10.8. The fourth-order valence-electron chi connectivity index (χ4n) is 1.27. The number of aryl methyl sites for hydroxylation is 1. The number of anilines is 1. The van der Waals surface area contributed by atoms with Crippen molar-refractivity contribution in [3.63, 3.8) is 0 Å². The quantitative estimate of drug-likeness (QED) is 0.916. The Balaban J connectivity index is 2.12. The van der Waals surface area contributed by atoms with Crippen LogP contribution in [0.3, 0.4) is 0 Å². The van der Waals surface area contributed by atoms with Crippen LogP contribution >= 0.6 is 11.3 Å². The number of nitrogens with one attached hydrogen (secondary N) is 1. The van der Waals surface area contributed by atoms with Gasteiger partial charge in [0.05, 0.1) is 4.88 Å². The molecule has 2 aromatic heterocycles. The number of hydrogen-bond acceptors (Lipinski definition) is 3. The molecule has 0 saturated heterocycles. The second kappa shape index (κ2) is 4.45. The van der Waals surface area contributed by atoms with E-state index in [-0.39, 0.29) is 4.88 Å². The molecule has 0 radical (unpaired) electrons. The van der Waals surface area contributed by atoms with Crippen LogP contribution in [0.15, 0.2) is 24.4 Å². The van der Waals surface area contributed by atoms with Gasteiger partial charge in [-0.1, -0.05) is 0 Å². The normalized spacial score (nSPS) is 11.6. The van der Waals surface area contributed by atoms with E-state index in [0.717, 1.165) is 12.1 Å². The number of carbonyl (C=O) groups is 1. The van der Waals surface area contributed by atoms with Gasteiger partial charge in [0, 0.05) is 19.3 Å². The molecule has 0 aliphatic rings. The lowest BCUT2D eigenvalue weighted by atomic mass is 10.4. The van der Waals surface area contributed by atoms with Gasteiger partial charge in [-0.15, -0.1) is 11.3 Å². The second-order valence-electron chi connectivity index (χ2n) is 3.49. The summed E-state index contributed by atoms with van der Waals surface area (Å²) in [6.45, 7) is 0. The minimum Gasteiger partial charge on any atom is -0.304 e. The van der Waals surface area contributed by atoms with Gasteiger partial charge in [-0.25, -0.2) is 0 Å². The molecule has 0 aliphatic carbocycles.